The van der Waals surface area contributed by atoms with Crippen molar-refractivity contribution in [1.82, 2.24) is 5.32 Å². The Kier molecular flexibility index (Phi) is 8.97. The van der Waals surface area contributed by atoms with E-state index in [1.165, 1.54) is 43.2 Å². The van der Waals surface area contributed by atoms with Gasteiger partial charge in [-0.1, -0.05) is 80.1 Å². The maximum absolute atomic E-state index is 13.9. The van der Waals surface area contributed by atoms with E-state index in [2.05, 4.69) is 42.6 Å². The Balaban J connectivity index is 1.53. The van der Waals surface area contributed by atoms with Crippen LogP contribution in [0.3, 0.4) is 0 Å². The summed E-state index contributed by atoms with van der Waals surface area (Å²) in [6, 6.07) is 15.6. The van der Waals surface area contributed by atoms with E-state index in [0.717, 1.165) is 30.5 Å². The van der Waals surface area contributed by atoms with Crippen molar-refractivity contribution in [3.8, 4) is 0 Å². The molecule has 0 radical (unpaired) electrons. The summed E-state index contributed by atoms with van der Waals surface area (Å²) in [5.41, 5.74) is 4.44. The number of nitrogens with zero attached hydrogens (tertiary/aromatic N) is 1. The lowest BCUT2D eigenvalue weighted by atomic mass is 9.85. The van der Waals surface area contributed by atoms with Crippen LogP contribution in [0.1, 0.15) is 75.0 Å². The van der Waals surface area contributed by atoms with Crippen molar-refractivity contribution in [1.29, 1.82) is 0 Å². The third-order valence-electron chi connectivity index (χ3n) is 7.57. The van der Waals surface area contributed by atoms with Crippen LogP contribution in [0.5, 0.6) is 0 Å². The summed E-state index contributed by atoms with van der Waals surface area (Å²) in [6.07, 6.45) is 9.58. The van der Waals surface area contributed by atoms with Crippen LogP contribution in [0.2, 0.25) is 0 Å². The molecule has 1 N–H and O–H groups in total. The van der Waals surface area contributed by atoms with Crippen molar-refractivity contribution in [3.05, 3.63) is 65.2 Å². The summed E-state index contributed by atoms with van der Waals surface area (Å²) in [7, 11) is 0. The van der Waals surface area contributed by atoms with Crippen LogP contribution in [0.25, 0.3) is 0 Å². The van der Waals surface area contributed by atoms with Crippen molar-refractivity contribution >= 4 is 17.6 Å². The van der Waals surface area contributed by atoms with Gasteiger partial charge in [-0.25, -0.2) is 0 Å². The molecule has 5 nitrogen and oxygen atoms in total. The van der Waals surface area contributed by atoms with Crippen LogP contribution >= 0.6 is 0 Å². The van der Waals surface area contributed by atoms with Gasteiger partial charge in [-0.2, -0.15) is 0 Å². The fourth-order valence-electron chi connectivity index (χ4n) is 5.54. The molecule has 0 spiro atoms. The number of rotatable bonds is 9. The van der Waals surface area contributed by atoms with Crippen LogP contribution in [-0.4, -0.2) is 30.6 Å². The molecule has 2 aliphatic rings. The molecule has 1 saturated carbocycles. The van der Waals surface area contributed by atoms with Crippen LogP contribution in [-0.2, 0) is 27.3 Å². The van der Waals surface area contributed by atoms with E-state index >= 15 is 0 Å². The molecular formula is C30H40N2O3. The molecular weight excluding hydrogens is 436 g/mol. The lowest BCUT2D eigenvalue weighted by Crippen LogP contribution is -2.52. The minimum absolute atomic E-state index is 0.0301. The number of hydrogen-bond acceptors (Lipinski definition) is 4. The molecule has 0 unspecified atom stereocenters. The molecule has 35 heavy (non-hydrogen) atoms. The van der Waals surface area contributed by atoms with Crippen molar-refractivity contribution < 1.29 is 14.3 Å². The van der Waals surface area contributed by atoms with Gasteiger partial charge in [0.25, 0.3) is 0 Å². The van der Waals surface area contributed by atoms with Gasteiger partial charge in [-0.15, -0.1) is 0 Å². The number of nitrogens with one attached hydrogen (secondary N) is 1. The van der Waals surface area contributed by atoms with Gasteiger partial charge in [0.15, 0.2) is 0 Å². The normalized spacial score (nSPS) is 19.7. The second-order valence-corrected chi connectivity index (χ2v) is 10.2. The molecule has 2 aromatic carbocycles. The Morgan fingerprint density at radius 2 is 1.80 bits per heavy atom. The number of amides is 1. The van der Waals surface area contributed by atoms with Crippen molar-refractivity contribution in [2.24, 2.45) is 5.92 Å². The quantitative estimate of drug-likeness (QED) is 0.470. The zero-order chi connectivity index (χ0) is 24.6. The third-order valence-corrected chi connectivity index (χ3v) is 7.57. The predicted octanol–water partition coefficient (Wildman–Crippen LogP) is 5.72. The van der Waals surface area contributed by atoms with Gasteiger partial charge >= 0.3 is 5.97 Å². The molecule has 1 heterocycles. The highest BCUT2D eigenvalue weighted by Crippen LogP contribution is 2.30. The van der Waals surface area contributed by atoms with Crippen LogP contribution in [0.4, 0.5) is 5.69 Å². The highest BCUT2D eigenvalue weighted by molar-refractivity contribution is 5.99. The Morgan fingerprint density at radius 3 is 2.54 bits per heavy atom. The highest BCUT2D eigenvalue weighted by atomic mass is 16.5. The van der Waals surface area contributed by atoms with E-state index in [0.29, 0.717) is 25.5 Å². The maximum Gasteiger partial charge on any atom is 0.323 e. The van der Waals surface area contributed by atoms with Gasteiger partial charge in [-0.05, 0) is 62.6 Å². The lowest BCUT2D eigenvalue weighted by molar-refractivity contribution is -0.146. The number of carbonyl (C=O) groups is 2. The largest absolute Gasteiger partial charge is 0.465 e. The van der Waals surface area contributed by atoms with E-state index in [1.807, 2.05) is 30.0 Å². The zero-order valence-corrected chi connectivity index (χ0v) is 21.3. The van der Waals surface area contributed by atoms with Crippen molar-refractivity contribution in [2.75, 3.05) is 11.5 Å². The number of benzene rings is 2. The number of anilines is 1. The molecule has 1 amide bonds. The summed E-state index contributed by atoms with van der Waals surface area (Å²) >= 11 is 0. The SMILES string of the molecule is CCOC(=O)[C@H](CCC1CCCCC1)N[C@H]1CCc2ccccc2N(Cc2ccc(C)cc2)C1=O. The molecule has 2 atom stereocenters. The molecule has 0 saturated heterocycles. The number of para-hydroxylation sites is 1. The topological polar surface area (TPSA) is 58.6 Å². The number of esters is 1. The molecule has 1 aliphatic heterocycles. The van der Waals surface area contributed by atoms with Crippen LogP contribution < -0.4 is 10.2 Å². The minimum Gasteiger partial charge on any atom is -0.465 e. The summed E-state index contributed by atoms with van der Waals surface area (Å²) < 4.78 is 5.42. The van der Waals surface area contributed by atoms with Gasteiger partial charge < -0.3 is 9.64 Å². The first-order valence-electron chi connectivity index (χ1n) is 13.4. The fraction of sp³-hybridized carbons (Fsp3) is 0.533. The van der Waals surface area contributed by atoms with Gasteiger partial charge in [0, 0.05) is 5.69 Å². The van der Waals surface area contributed by atoms with Gasteiger partial charge in [0.05, 0.1) is 19.2 Å². The van der Waals surface area contributed by atoms with E-state index in [4.69, 9.17) is 4.74 Å². The van der Waals surface area contributed by atoms with Crippen molar-refractivity contribution in [3.63, 3.8) is 0 Å². The number of fused-ring (bicyclic) bond motifs is 1. The molecule has 188 valence electrons. The van der Waals surface area contributed by atoms with E-state index in [1.54, 1.807) is 0 Å². The Hall–Kier alpha value is -2.66. The lowest BCUT2D eigenvalue weighted by Gasteiger charge is -2.29. The van der Waals surface area contributed by atoms with Crippen LogP contribution in [0.15, 0.2) is 48.5 Å². The second-order valence-electron chi connectivity index (χ2n) is 10.2. The summed E-state index contributed by atoms with van der Waals surface area (Å²) in [5, 5.41) is 3.46. The van der Waals surface area contributed by atoms with Gasteiger partial charge in [0.1, 0.15) is 6.04 Å². The predicted molar refractivity (Wildman–Crippen MR) is 140 cm³/mol. The average Bonchev–Trinajstić information content (AvgIpc) is 3.00. The standard InChI is InChI=1S/C30H40N2O3/c1-3-35-30(34)27(19-17-23-9-5-4-6-10-23)31-26-20-18-25-11-7-8-12-28(25)32(29(26)33)21-24-15-13-22(2)14-16-24/h7-8,11-16,23,26-27,31H,3-6,9-10,17-21H2,1-2H3/t26-,27-/m0/s1. The monoisotopic (exact) mass is 476 g/mol. The van der Waals surface area contributed by atoms with E-state index < -0.39 is 12.1 Å². The number of ether oxygens (including phenoxy) is 1. The fourth-order valence-corrected chi connectivity index (χ4v) is 5.54. The highest BCUT2D eigenvalue weighted by Gasteiger charge is 2.34. The molecule has 1 aliphatic carbocycles. The summed E-state index contributed by atoms with van der Waals surface area (Å²) in [5.74, 6) is 0.472. The first-order valence-corrected chi connectivity index (χ1v) is 13.4. The second kappa shape index (κ2) is 12.3. The molecule has 2 aromatic rings. The first-order chi connectivity index (χ1) is 17.0. The Bertz CT molecular complexity index is 981. The minimum atomic E-state index is -0.451. The number of carbonyl (C=O) groups excluding carboxylic acids is 2. The van der Waals surface area contributed by atoms with Crippen LogP contribution in [0, 0.1) is 12.8 Å². The molecule has 0 bridgehead atoms. The number of hydrogen-bond donors (Lipinski definition) is 1. The Morgan fingerprint density at radius 1 is 1.06 bits per heavy atom. The van der Waals surface area contributed by atoms with Crippen molar-refractivity contribution in [2.45, 2.75) is 90.3 Å². The third kappa shape index (κ3) is 6.72. The zero-order valence-electron chi connectivity index (χ0n) is 21.3. The Labute approximate surface area is 210 Å². The van der Waals surface area contributed by atoms with E-state index in [-0.39, 0.29) is 11.9 Å². The van der Waals surface area contributed by atoms with Gasteiger partial charge in [0.2, 0.25) is 5.91 Å². The van der Waals surface area contributed by atoms with Gasteiger partial charge in [-0.3, -0.25) is 14.9 Å². The summed E-state index contributed by atoms with van der Waals surface area (Å²) in [6.45, 7) is 4.77. The maximum atomic E-state index is 13.9. The number of aryl methyl sites for hydroxylation is 2. The molecule has 4 rings (SSSR count). The smallest absolute Gasteiger partial charge is 0.323 e. The summed E-state index contributed by atoms with van der Waals surface area (Å²) in [4.78, 5) is 28.7. The molecule has 1 fully saturated rings. The molecule has 0 aromatic heterocycles. The van der Waals surface area contributed by atoms with E-state index in [9.17, 15) is 9.59 Å². The molecule has 5 heteroatoms. The first kappa shape index (κ1) is 25.4. The average molecular weight is 477 g/mol.